The van der Waals surface area contributed by atoms with Crippen LogP contribution >= 0.6 is 11.6 Å². The summed E-state index contributed by atoms with van der Waals surface area (Å²) in [4.78, 5) is 0. The molecule has 0 saturated carbocycles. The van der Waals surface area contributed by atoms with Crippen molar-refractivity contribution in [3.05, 3.63) is 52.1 Å². The lowest BCUT2D eigenvalue weighted by Gasteiger charge is -2.17. The normalized spacial score (nSPS) is 12.7. The van der Waals surface area contributed by atoms with Gasteiger partial charge in [0.1, 0.15) is 5.82 Å². The van der Waals surface area contributed by atoms with Crippen LogP contribution in [0.15, 0.2) is 24.3 Å². The van der Waals surface area contributed by atoms with Crippen molar-refractivity contribution in [2.24, 2.45) is 7.05 Å². The molecule has 1 aromatic heterocycles. The first-order valence-corrected chi connectivity index (χ1v) is 7.07. The van der Waals surface area contributed by atoms with E-state index in [1.807, 2.05) is 18.8 Å². The highest BCUT2D eigenvalue weighted by Gasteiger charge is 2.17. The van der Waals surface area contributed by atoms with E-state index in [0.29, 0.717) is 11.4 Å². The number of halogens is 2. The Morgan fingerprint density at radius 3 is 2.70 bits per heavy atom. The molecule has 20 heavy (non-hydrogen) atoms. The lowest BCUT2D eigenvalue weighted by atomic mass is 10.0. The molecule has 3 nitrogen and oxygen atoms in total. The Morgan fingerprint density at radius 1 is 1.40 bits per heavy atom. The molecule has 0 amide bonds. The van der Waals surface area contributed by atoms with Crippen LogP contribution in [0.25, 0.3) is 0 Å². The van der Waals surface area contributed by atoms with E-state index in [-0.39, 0.29) is 11.9 Å². The highest BCUT2D eigenvalue weighted by atomic mass is 35.5. The molecule has 0 bridgehead atoms. The van der Waals surface area contributed by atoms with Gasteiger partial charge in [0, 0.05) is 12.1 Å². The molecule has 0 saturated heterocycles. The van der Waals surface area contributed by atoms with Gasteiger partial charge in [-0.3, -0.25) is 4.68 Å². The van der Waals surface area contributed by atoms with Gasteiger partial charge in [0.05, 0.1) is 17.4 Å². The van der Waals surface area contributed by atoms with Crippen LogP contribution in [0.2, 0.25) is 5.02 Å². The molecule has 0 radical (unpaired) electrons. The maximum Gasteiger partial charge on any atom is 0.124 e. The molecule has 1 unspecified atom stereocenters. The monoisotopic (exact) mass is 295 g/mol. The Labute approximate surface area is 123 Å². The zero-order valence-electron chi connectivity index (χ0n) is 12.0. The Kier molecular flexibility index (Phi) is 4.78. The fraction of sp³-hybridized carbons (Fsp3) is 0.400. The number of rotatable bonds is 5. The third kappa shape index (κ3) is 3.19. The average Bonchev–Trinajstić information content (AvgIpc) is 2.79. The van der Waals surface area contributed by atoms with E-state index in [1.165, 1.54) is 12.1 Å². The fourth-order valence-corrected chi connectivity index (χ4v) is 2.55. The van der Waals surface area contributed by atoms with E-state index < -0.39 is 0 Å². The Bertz CT molecular complexity index is 595. The van der Waals surface area contributed by atoms with Gasteiger partial charge in [0.15, 0.2) is 0 Å². The van der Waals surface area contributed by atoms with Gasteiger partial charge in [-0.1, -0.05) is 24.6 Å². The molecule has 108 valence electrons. The number of hydrogen-bond acceptors (Lipinski definition) is 2. The number of benzene rings is 1. The SMILES string of the molecule is CCc1cc(C(Cc2ccc(F)cc2Cl)NC)n(C)n1. The molecule has 5 heteroatoms. The average molecular weight is 296 g/mol. The molecule has 0 aliphatic heterocycles. The van der Waals surface area contributed by atoms with Crippen molar-refractivity contribution >= 4 is 11.6 Å². The molecule has 0 fully saturated rings. The van der Waals surface area contributed by atoms with E-state index in [2.05, 4.69) is 23.4 Å². The summed E-state index contributed by atoms with van der Waals surface area (Å²) in [5, 5.41) is 8.19. The predicted octanol–water partition coefficient (Wildman–Crippen LogP) is 3.28. The molecule has 2 aromatic rings. The topological polar surface area (TPSA) is 29.9 Å². The summed E-state index contributed by atoms with van der Waals surface area (Å²) in [6.45, 7) is 2.08. The van der Waals surface area contributed by atoms with Crippen LogP contribution in [0.3, 0.4) is 0 Å². The minimum atomic E-state index is -0.312. The second-order valence-electron chi connectivity index (χ2n) is 4.82. The Hall–Kier alpha value is -1.39. The van der Waals surface area contributed by atoms with Gasteiger partial charge in [-0.05, 0) is 43.7 Å². The molecule has 1 heterocycles. The largest absolute Gasteiger partial charge is 0.311 e. The van der Waals surface area contributed by atoms with Crippen LogP contribution in [-0.4, -0.2) is 16.8 Å². The molecule has 1 N–H and O–H groups in total. The molecule has 0 spiro atoms. The van der Waals surface area contributed by atoms with Crippen LogP contribution < -0.4 is 5.32 Å². The van der Waals surface area contributed by atoms with Crippen LogP contribution in [-0.2, 0) is 19.9 Å². The molecule has 2 rings (SSSR count). The number of aryl methyl sites for hydroxylation is 2. The lowest BCUT2D eigenvalue weighted by molar-refractivity contribution is 0.536. The highest BCUT2D eigenvalue weighted by molar-refractivity contribution is 6.31. The quantitative estimate of drug-likeness (QED) is 0.917. The summed E-state index contributed by atoms with van der Waals surface area (Å²) in [5.74, 6) is -0.312. The second kappa shape index (κ2) is 6.37. The smallest absolute Gasteiger partial charge is 0.124 e. The van der Waals surface area contributed by atoms with Gasteiger partial charge in [-0.25, -0.2) is 4.39 Å². The number of likely N-dealkylation sites (N-methyl/N-ethyl adjacent to an activating group) is 1. The van der Waals surface area contributed by atoms with E-state index in [1.54, 1.807) is 6.07 Å². The first-order chi connectivity index (χ1) is 9.55. The molecule has 1 aromatic carbocycles. The summed E-state index contributed by atoms with van der Waals surface area (Å²) in [6, 6.07) is 6.71. The fourth-order valence-electron chi connectivity index (χ4n) is 2.30. The number of aromatic nitrogens is 2. The van der Waals surface area contributed by atoms with E-state index in [9.17, 15) is 4.39 Å². The van der Waals surface area contributed by atoms with E-state index in [4.69, 9.17) is 11.6 Å². The van der Waals surface area contributed by atoms with Crippen molar-refractivity contribution in [2.75, 3.05) is 7.05 Å². The van der Waals surface area contributed by atoms with Crippen molar-refractivity contribution in [3.63, 3.8) is 0 Å². The minimum absolute atomic E-state index is 0.0933. The third-order valence-electron chi connectivity index (χ3n) is 3.47. The maximum absolute atomic E-state index is 13.1. The summed E-state index contributed by atoms with van der Waals surface area (Å²) >= 11 is 6.10. The van der Waals surface area contributed by atoms with Crippen molar-refractivity contribution in [3.8, 4) is 0 Å². The lowest BCUT2D eigenvalue weighted by Crippen LogP contribution is -2.21. The van der Waals surface area contributed by atoms with Crippen molar-refractivity contribution in [1.29, 1.82) is 0 Å². The molecule has 0 aliphatic carbocycles. The van der Waals surface area contributed by atoms with Gasteiger partial charge < -0.3 is 5.32 Å². The summed E-state index contributed by atoms with van der Waals surface area (Å²) in [6.07, 6.45) is 1.60. The van der Waals surface area contributed by atoms with E-state index in [0.717, 1.165) is 23.4 Å². The molecule has 0 aliphatic rings. The maximum atomic E-state index is 13.1. The van der Waals surface area contributed by atoms with Crippen LogP contribution in [0.1, 0.15) is 29.9 Å². The first-order valence-electron chi connectivity index (χ1n) is 6.69. The zero-order valence-corrected chi connectivity index (χ0v) is 12.7. The van der Waals surface area contributed by atoms with Crippen LogP contribution in [0.4, 0.5) is 4.39 Å². The molecular weight excluding hydrogens is 277 g/mol. The Balaban J connectivity index is 2.26. The number of hydrogen-bond donors (Lipinski definition) is 1. The van der Waals surface area contributed by atoms with Gasteiger partial charge in [-0.2, -0.15) is 5.10 Å². The van der Waals surface area contributed by atoms with Gasteiger partial charge in [0.25, 0.3) is 0 Å². The van der Waals surface area contributed by atoms with Crippen LogP contribution in [0.5, 0.6) is 0 Å². The first kappa shape index (κ1) is 15.0. The van der Waals surface area contributed by atoms with E-state index >= 15 is 0 Å². The van der Waals surface area contributed by atoms with Crippen LogP contribution in [0, 0.1) is 5.82 Å². The predicted molar refractivity (Wildman–Crippen MR) is 79.5 cm³/mol. The van der Waals surface area contributed by atoms with Crippen molar-refractivity contribution in [2.45, 2.75) is 25.8 Å². The van der Waals surface area contributed by atoms with Gasteiger partial charge in [-0.15, -0.1) is 0 Å². The van der Waals surface area contributed by atoms with Gasteiger partial charge >= 0.3 is 0 Å². The Morgan fingerprint density at radius 2 is 2.15 bits per heavy atom. The summed E-state index contributed by atoms with van der Waals surface area (Å²) in [5.41, 5.74) is 3.09. The molecular formula is C15H19ClFN3. The summed E-state index contributed by atoms with van der Waals surface area (Å²) < 4.78 is 15.0. The molecule has 1 atom stereocenters. The number of nitrogens with zero attached hydrogens (tertiary/aromatic N) is 2. The number of nitrogens with one attached hydrogen (secondary N) is 1. The van der Waals surface area contributed by atoms with Gasteiger partial charge in [0.2, 0.25) is 0 Å². The van der Waals surface area contributed by atoms with Crippen molar-refractivity contribution in [1.82, 2.24) is 15.1 Å². The second-order valence-corrected chi connectivity index (χ2v) is 5.23. The highest BCUT2D eigenvalue weighted by Crippen LogP contribution is 2.24. The minimum Gasteiger partial charge on any atom is -0.311 e. The summed E-state index contributed by atoms with van der Waals surface area (Å²) in [7, 11) is 3.84. The third-order valence-corrected chi connectivity index (χ3v) is 3.83. The zero-order chi connectivity index (χ0) is 14.7. The standard InChI is InChI=1S/C15H19ClFN3/c1-4-12-9-15(20(3)19-12)14(18-2)7-10-5-6-11(17)8-13(10)16/h5-6,8-9,14,18H,4,7H2,1-3H3. The van der Waals surface area contributed by atoms with Crippen molar-refractivity contribution < 1.29 is 4.39 Å².